The van der Waals surface area contributed by atoms with E-state index in [1.165, 1.54) is 0 Å². The van der Waals surface area contributed by atoms with Crippen LogP contribution in [-0.4, -0.2) is 42.4 Å². The predicted octanol–water partition coefficient (Wildman–Crippen LogP) is 0.924. The van der Waals surface area contributed by atoms with Gasteiger partial charge in [-0.25, -0.2) is 0 Å². The Balaban J connectivity index is 1.99. The van der Waals surface area contributed by atoms with Gasteiger partial charge in [0.05, 0.1) is 25.4 Å². The maximum atomic E-state index is 8.74. The molecule has 0 spiro atoms. The normalized spacial score (nSPS) is 43.2. The van der Waals surface area contributed by atoms with E-state index < -0.39 is 5.79 Å². The van der Waals surface area contributed by atoms with Crippen molar-refractivity contribution in [3.05, 3.63) is 0 Å². The van der Waals surface area contributed by atoms with Crippen molar-refractivity contribution in [2.45, 2.75) is 51.3 Å². The van der Waals surface area contributed by atoms with E-state index >= 15 is 0 Å². The number of fused-ring (bicyclic) bond motifs is 1. The van der Waals surface area contributed by atoms with Gasteiger partial charge in [0.1, 0.15) is 6.10 Å². The maximum absolute atomic E-state index is 8.74. The molecule has 4 nitrogen and oxygen atoms in total. The Morgan fingerprint density at radius 1 is 1.33 bits per heavy atom. The van der Waals surface area contributed by atoms with Gasteiger partial charge in [-0.15, -0.1) is 0 Å². The van der Waals surface area contributed by atoms with Crippen molar-refractivity contribution in [1.29, 1.82) is 0 Å². The Hall–Kier alpha value is -0.160. The molecule has 0 aromatic carbocycles. The van der Waals surface area contributed by atoms with E-state index in [0.717, 1.165) is 6.42 Å². The SMILES string of the molecule is C[C@@H]1C[C@H](OCCO)C2OC(C)(C)OC21. The van der Waals surface area contributed by atoms with Crippen LogP contribution in [0.15, 0.2) is 0 Å². The first kappa shape index (κ1) is 11.3. The van der Waals surface area contributed by atoms with Gasteiger partial charge in [0.2, 0.25) is 0 Å². The Kier molecular flexibility index (Phi) is 3.03. The molecule has 1 heterocycles. The molecule has 15 heavy (non-hydrogen) atoms. The highest BCUT2D eigenvalue weighted by atomic mass is 16.8. The van der Waals surface area contributed by atoms with Crippen LogP contribution in [0.5, 0.6) is 0 Å². The van der Waals surface area contributed by atoms with E-state index in [4.69, 9.17) is 19.3 Å². The van der Waals surface area contributed by atoms with E-state index in [1.54, 1.807) is 0 Å². The molecule has 4 heteroatoms. The van der Waals surface area contributed by atoms with Crippen molar-refractivity contribution in [3.8, 4) is 0 Å². The summed E-state index contributed by atoms with van der Waals surface area (Å²) in [5, 5.41) is 8.74. The largest absolute Gasteiger partial charge is 0.394 e. The lowest BCUT2D eigenvalue weighted by Crippen LogP contribution is -2.31. The molecule has 1 aliphatic heterocycles. The van der Waals surface area contributed by atoms with Crippen molar-refractivity contribution in [2.24, 2.45) is 5.92 Å². The highest BCUT2D eigenvalue weighted by Gasteiger charge is 2.52. The topological polar surface area (TPSA) is 47.9 Å². The van der Waals surface area contributed by atoms with Gasteiger partial charge in [0, 0.05) is 0 Å². The van der Waals surface area contributed by atoms with Crippen molar-refractivity contribution in [1.82, 2.24) is 0 Å². The van der Waals surface area contributed by atoms with Gasteiger partial charge in [-0.3, -0.25) is 0 Å². The number of aliphatic hydroxyl groups is 1. The molecule has 0 radical (unpaired) electrons. The van der Waals surface area contributed by atoms with Gasteiger partial charge in [0.25, 0.3) is 0 Å². The average Bonchev–Trinajstić information content (AvgIpc) is 2.60. The highest BCUT2D eigenvalue weighted by Crippen LogP contribution is 2.42. The van der Waals surface area contributed by atoms with Crippen LogP contribution in [0, 0.1) is 5.92 Å². The zero-order chi connectivity index (χ0) is 11.1. The number of ether oxygens (including phenoxy) is 3. The molecule has 2 unspecified atom stereocenters. The second kappa shape index (κ2) is 4.01. The van der Waals surface area contributed by atoms with Crippen LogP contribution < -0.4 is 0 Å². The first-order valence-electron chi connectivity index (χ1n) is 5.61. The van der Waals surface area contributed by atoms with Gasteiger partial charge >= 0.3 is 0 Å². The molecule has 2 rings (SSSR count). The zero-order valence-electron chi connectivity index (χ0n) is 9.60. The molecule has 1 N–H and O–H groups in total. The smallest absolute Gasteiger partial charge is 0.163 e. The van der Waals surface area contributed by atoms with E-state index in [1.807, 2.05) is 13.8 Å². The zero-order valence-corrected chi connectivity index (χ0v) is 9.60. The summed E-state index contributed by atoms with van der Waals surface area (Å²) in [6.07, 6.45) is 1.19. The number of hydrogen-bond acceptors (Lipinski definition) is 4. The second-order valence-electron chi connectivity index (χ2n) is 4.91. The molecule has 0 aromatic rings. The van der Waals surface area contributed by atoms with Gasteiger partial charge < -0.3 is 19.3 Å². The van der Waals surface area contributed by atoms with E-state index in [0.29, 0.717) is 12.5 Å². The molecular weight excluding hydrogens is 196 g/mol. The number of hydrogen-bond donors (Lipinski definition) is 1. The van der Waals surface area contributed by atoms with Crippen LogP contribution >= 0.6 is 0 Å². The van der Waals surface area contributed by atoms with Gasteiger partial charge in [-0.2, -0.15) is 0 Å². The van der Waals surface area contributed by atoms with Crippen molar-refractivity contribution >= 4 is 0 Å². The quantitative estimate of drug-likeness (QED) is 0.762. The molecule has 0 amide bonds. The predicted molar refractivity (Wildman–Crippen MR) is 54.4 cm³/mol. The van der Waals surface area contributed by atoms with Crippen molar-refractivity contribution in [2.75, 3.05) is 13.2 Å². The lowest BCUT2D eigenvalue weighted by molar-refractivity contribution is -0.171. The third kappa shape index (κ3) is 2.18. The minimum atomic E-state index is -0.495. The summed E-state index contributed by atoms with van der Waals surface area (Å²) in [5.41, 5.74) is 0. The summed E-state index contributed by atoms with van der Waals surface area (Å²) in [6.45, 7) is 6.46. The molecule has 2 fully saturated rings. The Bertz CT molecular complexity index is 229. The summed E-state index contributed by atoms with van der Waals surface area (Å²) >= 11 is 0. The monoisotopic (exact) mass is 216 g/mol. The third-order valence-electron chi connectivity index (χ3n) is 3.12. The second-order valence-corrected chi connectivity index (χ2v) is 4.91. The third-order valence-corrected chi connectivity index (χ3v) is 3.12. The Labute approximate surface area is 90.5 Å². The summed E-state index contributed by atoms with van der Waals surface area (Å²) in [7, 11) is 0. The molecule has 1 aliphatic carbocycles. The minimum absolute atomic E-state index is 0.0292. The van der Waals surface area contributed by atoms with Crippen LogP contribution in [0.1, 0.15) is 27.2 Å². The molecular formula is C11H20O4. The molecule has 1 saturated heterocycles. The Morgan fingerprint density at radius 2 is 2.00 bits per heavy atom. The van der Waals surface area contributed by atoms with E-state index in [2.05, 4.69) is 6.92 Å². The summed E-state index contributed by atoms with van der Waals surface area (Å²) in [6, 6.07) is 0. The summed E-state index contributed by atoms with van der Waals surface area (Å²) in [4.78, 5) is 0. The lowest BCUT2D eigenvalue weighted by Gasteiger charge is -2.22. The van der Waals surface area contributed by atoms with Gasteiger partial charge in [0.15, 0.2) is 5.79 Å². The standard InChI is InChI=1S/C11H20O4/c1-7-6-8(13-5-4-12)10-9(7)14-11(2,3)15-10/h7-10,12H,4-6H2,1-3H3/t7-,8+,9?,10?/m1/s1. The molecule has 0 aromatic heterocycles. The average molecular weight is 216 g/mol. The van der Waals surface area contributed by atoms with Gasteiger partial charge in [-0.1, -0.05) is 6.92 Å². The lowest BCUT2D eigenvalue weighted by atomic mass is 10.1. The first-order chi connectivity index (χ1) is 7.03. The summed E-state index contributed by atoms with van der Waals surface area (Å²) in [5.74, 6) is -0.0364. The molecule has 88 valence electrons. The fraction of sp³-hybridized carbons (Fsp3) is 1.00. The van der Waals surface area contributed by atoms with Crippen LogP contribution in [-0.2, 0) is 14.2 Å². The van der Waals surface area contributed by atoms with Crippen LogP contribution in [0.4, 0.5) is 0 Å². The van der Waals surface area contributed by atoms with E-state index in [-0.39, 0.29) is 24.9 Å². The van der Waals surface area contributed by atoms with Crippen molar-refractivity contribution < 1.29 is 19.3 Å². The minimum Gasteiger partial charge on any atom is -0.394 e. The number of aliphatic hydroxyl groups excluding tert-OH is 1. The van der Waals surface area contributed by atoms with Crippen LogP contribution in [0.25, 0.3) is 0 Å². The molecule has 0 bridgehead atoms. The molecule has 4 atom stereocenters. The fourth-order valence-corrected chi connectivity index (χ4v) is 2.55. The Morgan fingerprint density at radius 3 is 2.67 bits per heavy atom. The highest BCUT2D eigenvalue weighted by molar-refractivity contribution is 4.97. The molecule has 2 aliphatic rings. The van der Waals surface area contributed by atoms with Crippen LogP contribution in [0.2, 0.25) is 0 Å². The summed E-state index contributed by atoms with van der Waals surface area (Å²) < 4.78 is 17.2. The van der Waals surface area contributed by atoms with E-state index in [9.17, 15) is 0 Å². The fourth-order valence-electron chi connectivity index (χ4n) is 2.55. The molecule has 1 saturated carbocycles. The van der Waals surface area contributed by atoms with Gasteiger partial charge in [-0.05, 0) is 26.2 Å². The first-order valence-corrected chi connectivity index (χ1v) is 5.61. The van der Waals surface area contributed by atoms with Crippen LogP contribution in [0.3, 0.4) is 0 Å². The number of rotatable bonds is 3. The van der Waals surface area contributed by atoms with Crippen molar-refractivity contribution in [3.63, 3.8) is 0 Å². The maximum Gasteiger partial charge on any atom is 0.163 e.